The van der Waals surface area contributed by atoms with Crippen molar-refractivity contribution in [2.75, 3.05) is 0 Å². The largest absolute Gasteiger partial charge is 0.478 e. The van der Waals surface area contributed by atoms with Gasteiger partial charge in [0, 0.05) is 6.20 Å². The average Bonchev–Trinajstić information content (AvgIpc) is 2.14. The summed E-state index contributed by atoms with van der Waals surface area (Å²) in [5, 5.41) is 16.4. The zero-order valence-corrected chi connectivity index (χ0v) is 8.50. The zero-order valence-electron chi connectivity index (χ0n) is 7.75. The summed E-state index contributed by atoms with van der Waals surface area (Å²) < 4.78 is 37.3. The van der Waals surface area contributed by atoms with Gasteiger partial charge in [-0.2, -0.15) is 13.2 Å². The molecule has 0 saturated heterocycles. The quantitative estimate of drug-likeness (QED) is 0.803. The third-order valence-electron chi connectivity index (χ3n) is 1.77. The molecule has 1 aromatic rings. The van der Waals surface area contributed by atoms with Gasteiger partial charge in [-0.15, -0.1) is 0 Å². The molecule has 0 bridgehead atoms. The average molecular weight is 270 g/mol. The Hall–Kier alpha value is -1.83. The molecule has 0 saturated carbocycles. The van der Waals surface area contributed by atoms with Crippen LogP contribution in [0.3, 0.4) is 0 Å². The highest BCUT2D eigenvalue weighted by atomic mass is 35.5. The Labute approximate surface area is 96.5 Å². The zero-order chi connectivity index (χ0) is 13.4. The van der Waals surface area contributed by atoms with Crippen LogP contribution in [0.2, 0.25) is 5.15 Å². The highest BCUT2D eigenvalue weighted by Gasteiger charge is 2.39. The molecule has 0 amide bonds. The third kappa shape index (κ3) is 2.47. The Balaban J connectivity index is 3.72. The SMILES string of the molecule is O=C(O)c1c(C(F)(F)F)cnc(Cl)c1C(=O)O. The number of hydrogen-bond acceptors (Lipinski definition) is 3. The summed E-state index contributed by atoms with van der Waals surface area (Å²) in [4.78, 5) is 24.4. The van der Waals surface area contributed by atoms with Crippen LogP contribution in [-0.4, -0.2) is 27.1 Å². The van der Waals surface area contributed by atoms with Gasteiger partial charge in [0.1, 0.15) is 10.7 Å². The van der Waals surface area contributed by atoms with Crippen molar-refractivity contribution in [1.29, 1.82) is 0 Å². The van der Waals surface area contributed by atoms with Crippen LogP contribution in [-0.2, 0) is 6.18 Å². The van der Waals surface area contributed by atoms with Crippen molar-refractivity contribution in [3.8, 4) is 0 Å². The molecule has 0 aliphatic rings. The molecular formula is C8H3ClF3NO4. The van der Waals surface area contributed by atoms with Gasteiger partial charge in [-0.05, 0) is 0 Å². The Morgan fingerprint density at radius 1 is 1.18 bits per heavy atom. The number of aromatic nitrogens is 1. The predicted molar refractivity (Wildman–Crippen MR) is 48.2 cm³/mol. The minimum atomic E-state index is -5.03. The summed E-state index contributed by atoms with van der Waals surface area (Å²) in [5.74, 6) is -3.94. The van der Waals surface area contributed by atoms with E-state index in [0.29, 0.717) is 0 Å². The molecule has 0 aromatic carbocycles. The summed E-state index contributed by atoms with van der Waals surface area (Å²) in [6, 6.07) is 0. The first kappa shape index (κ1) is 13.2. The van der Waals surface area contributed by atoms with Crippen molar-refractivity contribution in [3.63, 3.8) is 0 Å². The summed E-state index contributed by atoms with van der Waals surface area (Å²) in [7, 11) is 0. The lowest BCUT2D eigenvalue weighted by Crippen LogP contribution is -2.19. The smallest absolute Gasteiger partial charge is 0.418 e. The topological polar surface area (TPSA) is 87.5 Å². The molecule has 0 unspecified atom stereocenters. The molecule has 92 valence electrons. The van der Waals surface area contributed by atoms with E-state index < -0.39 is 40.0 Å². The minimum absolute atomic E-state index is 0.179. The van der Waals surface area contributed by atoms with Gasteiger partial charge >= 0.3 is 18.1 Å². The Morgan fingerprint density at radius 2 is 1.65 bits per heavy atom. The second-order valence-corrected chi connectivity index (χ2v) is 3.18. The summed E-state index contributed by atoms with van der Waals surface area (Å²) in [6.07, 6.45) is -4.85. The monoisotopic (exact) mass is 269 g/mol. The Kier molecular flexibility index (Phi) is 3.28. The van der Waals surface area contributed by atoms with Crippen molar-refractivity contribution < 1.29 is 33.0 Å². The van der Waals surface area contributed by atoms with E-state index in [1.807, 2.05) is 0 Å². The fourth-order valence-corrected chi connectivity index (χ4v) is 1.34. The van der Waals surface area contributed by atoms with Gasteiger partial charge in [-0.1, -0.05) is 11.6 Å². The van der Waals surface area contributed by atoms with Crippen LogP contribution in [0.15, 0.2) is 6.20 Å². The second-order valence-electron chi connectivity index (χ2n) is 2.82. The first-order chi connectivity index (χ1) is 7.66. The van der Waals surface area contributed by atoms with E-state index >= 15 is 0 Å². The lowest BCUT2D eigenvalue weighted by atomic mass is 10.0. The predicted octanol–water partition coefficient (Wildman–Crippen LogP) is 2.15. The lowest BCUT2D eigenvalue weighted by Gasteiger charge is -2.12. The fourth-order valence-electron chi connectivity index (χ4n) is 1.12. The number of nitrogens with zero attached hydrogens (tertiary/aromatic N) is 1. The maximum atomic E-state index is 12.4. The Morgan fingerprint density at radius 3 is 2.00 bits per heavy atom. The van der Waals surface area contributed by atoms with Crippen LogP contribution >= 0.6 is 11.6 Å². The molecule has 0 aliphatic heterocycles. The van der Waals surface area contributed by atoms with Crippen LogP contribution in [0.25, 0.3) is 0 Å². The van der Waals surface area contributed by atoms with E-state index in [0.717, 1.165) is 0 Å². The molecule has 0 radical (unpaired) electrons. The van der Waals surface area contributed by atoms with E-state index in [-0.39, 0.29) is 6.20 Å². The van der Waals surface area contributed by atoms with Gasteiger partial charge in [-0.3, -0.25) is 0 Å². The van der Waals surface area contributed by atoms with E-state index in [1.165, 1.54) is 0 Å². The maximum absolute atomic E-state index is 12.4. The summed E-state index contributed by atoms with van der Waals surface area (Å²) in [5.41, 5.74) is -4.27. The van der Waals surface area contributed by atoms with Crippen molar-refractivity contribution in [1.82, 2.24) is 4.98 Å². The van der Waals surface area contributed by atoms with Gasteiger partial charge in [0.05, 0.1) is 11.1 Å². The number of carboxylic acid groups (broad SMARTS) is 2. The lowest BCUT2D eigenvalue weighted by molar-refractivity contribution is -0.138. The molecule has 1 aromatic heterocycles. The second kappa shape index (κ2) is 4.21. The molecule has 0 fully saturated rings. The molecule has 0 atom stereocenters. The third-order valence-corrected chi connectivity index (χ3v) is 2.05. The molecule has 0 spiro atoms. The first-order valence-electron chi connectivity index (χ1n) is 3.88. The molecular weight excluding hydrogens is 267 g/mol. The van der Waals surface area contributed by atoms with Crippen molar-refractivity contribution in [2.24, 2.45) is 0 Å². The van der Waals surface area contributed by atoms with Gasteiger partial charge in [0.15, 0.2) is 0 Å². The van der Waals surface area contributed by atoms with Crippen LogP contribution < -0.4 is 0 Å². The van der Waals surface area contributed by atoms with E-state index in [1.54, 1.807) is 0 Å². The number of halogens is 4. The van der Waals surface area contributed by atoms with Crippen LogP contribution in [0.4, 0.5) is 13.2 Å². The van der Waals surface area contributed by atoms with Gasteiger partial charge in [0.2, 0.25) is 0 Å². The van der Waals surface area contributed by atoms with Crippen molar-refractivity contribution >= 4 is 23.5 Å². The number of rotatable bonds is 2. The highest BCUT2D eigenvalue weighted by molar-refractivity contribution is 6.33. The van der Waals surface area contributed by atoms with Gasteiger partial charge in [0.25, 0.3) is 0 Å². The summed E-state index contributed by atoms with van der Waals surface area (Å²) in [6.45, 7) is 0. The number of aromatic carboxylic acids is 2. The van der Waals surface area contributed by atoms with Crippen LogP contribution in [0.5, 0.6) is 0 Å². The summed E-state index contributed by atoms with van der Waals surface area (Å²) >= 11 is 5.27. The molecule has 9 heteroatoms. The van der Waals surface area contributed by atoms with Crippen LogP contribution in [0, 0.1) is 0 Å². The highest BCUT2D eigenvalue weighted by Crippen LogP contribution is 2.34. The van der Waals surface area contributed by atoms with Crippen LogP contribution in [0.1, 0.15) is 26.3 Å². The number of pyridine rings is 1. The molecule has 2 N–H and O–H groups in total. The molecule has 5 nitrogen and oxygen atoms in total. The number of alkyl halides is 3. The van der Waals surface area contributed by atoms with E-state index in [2.05, 4.69) is 4.98 Å². The standard InChI is InChI=1S/C8H3ClF3NO4/c9-5-4(7(16)17)3(6(14)15)2(1-13-5)8(10,11)12/h1H,(H,14,15)(H,16,17). The minimum Gasteiger partial charge on any atom is -0.478 e. The number of carbonyl (C=O) groups is 2. The van der Waals surface area contributed by atoms with E-state index in [4.69, 9.17) is 21.8 Å². The number of hydrogen-bond donors (Lipinski definition) is 2. The van der Waals surface area contributed by atoms with E-state index in [9.17, 15) is 22.8 Å². The molecule has 1 heterocycles. The van der Waals surface area contributed by atoms with Crippen molar-refractivity contribution in [3.05, 3.63) is 28.0 Å². The van der Waals surface area contributed by atoms with Gasteiger partial charge < -0.3 is 10.2 Å². The first-order valence-corrected chi connectivity index (χ1v) is 4.26. The normalized spacial score (nSPS) is 11.3. The number of carboxylic acids is 2. The molecule has 1 rings (SSSR count). The maximum Gasteiger partial charge on any atom is 0.418 e. The van der Waals surface area contributed by atoms with Crippen molar-refractivity contribution in [2.45, 2.75) is 6.18 Å². The fraction of sp³-hybridized carbons (Fsp3) is 0.125. The van der Waals surface area contributed by atoms with Gasteiger partial charge in [-0.25, -0.2) is 14.6 Å². The Bertz CT molecular complexity index is 500. The molecule has 17 heavy (non-hydrogen) atoms. The molecule has 0 aliphatic carbocycles.